The molecule has 15 heavy (non-hydrogen) atoms. The molecule has 0 spiro atoms. The van der Waals surface area contributed by atoms with Gasteiger partial charge in [-0.3, -0.25) is 0 Å². The number of benzene rings is 1. The van der Waals surface area contributed by atoms with Crippen LogP contribution in [0.2, 0.25) is 0 Å². The summed E-state index contributed by atoms with van der Waals surface area (Å²) in [7, 11) is 0. The van der Waals surface area contributed by atoms with Crippen molar-refractivity contribution in [3.05, 3.63) is 34.4 Å². The molecule has 0 fully saturated rings. The molecule has 0 aliphatic rings. The van der Waals surface area contributed by atoms with Gasteiger partial charge in [0.1, 0.15) is 12.4 Å². The average Bonchev–Trinajstić information content (AvgIpc) is 2.66. The summed E-state index contributed by atoms with van der Waals surface area (Å²) in [6.45, 7) is -0.314. The van der Waals surface area contributed by atoms with Gasteiger partial charge in [-0.05, 0) is 34.1 Å². The molecule has 0 atom stereocenters. The highest BCUT2D eigenvalue weighted by molar-refractivity contribution is 9.10. The second-order valence-electron chi connectivity index (χ2n) is 2.79. The molecule has 0 amide bonds. The quantitative estimate of drug-likeness (QED) is 0.910. The predicted octanol–water partition coefficient (Wildman–Crippen LogP) is 2.13. The number of halogens is 2. The number of aromatic nitrogens is 2. The van der Waals surface area contributed by atoms with Crippen LogP contribution >= 0.6 is 15.9 Å². The summed E-state index contributed by atoms with van der Waals surface area (Å²) in [5.41, 5.74) is 0.611. The summed E-state index contributed by atoms with van der Waals surface area (Å²) < 4.78 is 18.1. The molecular formula is C9H6BrFN2O2. The highest BCUT2D eigenvalue weighted by atomic mass is 79.9. The lowest BCUT2D eigenvalue weighted by molar-refractivity contribution is 0.222. The van der Waals surface area contributed by atoms with Crippen molar-refractivity contribution < 1.29 is 14.0 Å². The van der Waals surface area contributed by atoms with Crippen LogP contribution in [0.5, 0.6) is 0 Å². The van der Waals surface area contributed by atoms with E-state index in [-0.39, 0.29) is 18.3 Å². The molecule has 0 unspecified atom stereocenters. The van der Waals surface area contributed by atoms with E-state index in [0.717, 1.165) is 0 Å². The number of aliphatic hydroxyl groups excluding tert-OH is 1. The summed E-state index contributed by atoms with van der Waals surface area (Å²) in [6.07, 6.45) is 0. The number of aliphatic hydroxyl groups is 1. The SMILES string of the molecule is OCc1nc(-c2ccc(F)cc2Br)no1. The van der Waals surface area contributed by atoms with Crippen LogP contribution in [-0.2, 0) is 6.61 Å². The van der Waals surface area contributed by atoms with Gasteiger partial charge in [0.2, 0.25) is 5.82 Å². The van der Waals surface area contributed by atoms with Crippen molar-refractivity contribution in [2.24, 2.45) is 0 Å². The maximum Gasteiger partial charge on any atom is 0.252 e. The van der Waals surface area contributed by atoms with E-state index in [1.54, 1.807) is 0 Å². The van der Waals surface area contributed by atoms with E-state index in [1.807, 2.05) is 0 Å². The average molecular weight is 273 g/mol. The van der Waals surface area contributed by atoms with Crippen LogP contribution in [0.1, 0.15) is 5.89 Å². The molecule has 0 aliphatic heterocycles. The van der Waals surface area contributed by atoms with E-state index in [2.05, 4.69) is 26.1 Å². The zero-order valence-corrected chi connectivity index (χ0v) is 9.03. The largest absolute Gasteiger partial charge is 0.387 e. The van der Waals surface area contributed by atoms with Crippen LogP contribution in [0.4, 0.5) is 4.39 Å². The zero-order valence-electron chi connectivity index (χ0n) is 7.44. The second kappa shape index (κ2) is 4.08. The van der Waals surface area contributed by atoms with E-state index in [0.29, 0.717) is 15.9 Å². The number of rotatable bonds is 2. The molecule has 0 radical (unpaired) electrons. The molecule has 4 nitrogen and oxygen atoms in total. The molecule has 2 aromatic rings. The number of hydrogen-bond acceptors (Lipinski definition) is 4. The molecule has 1 aromatic heterocycles. The van der Waals surface area contributed by atoms with Crippen LogP contribution in [0.3, 0.4) is 0 Å². The Balaban J connectivity index is 2.44. The Morgan fingerprint density at radius 2 is 2.27 bits per heavy atom. The molecule has 78 valence electrons. The molecule has 0 bridgehead atoms. The van der Waals surface area contributed by atoms with E-state index >= 15 is 0 Å². The highest BCUT2D eigenvalue weighted by Gasteiger charge is 2.11. The highest BCUT2D eigenvalue weighted by Crippen LogP contribution is 2.26. The van der Waals surface area contributed by atoms with Gasteiger partial charge >= 0.3 is 0 Å². The Morgan fingerprint density at radius 3 is 2.87 bits per heavy atom. The third-order valence-corrected chi connectivity index (χ3v) is 2.43. The van der Waals surface area contributed by atoms with E-state index < -0.39 is 0 Å². The standard InChI is InChI=1S/C9H6BrFN2O2/c10-7-3-5(11)1-2-6(7)9-12-8(4-14)15-13-9/h1-3,14H,4H2. The summed E-state index contributed by atoms with van der Waals surface area (Å²) >= 11 is 3.19. The lowest BCUT2D eigenvalue weighted by atomic mass is 10.2. The van der Waals surface area contributed by atoms with Crippen molar-refractivity contribution >= 4 is 15.9 Å². The smallest absolute Gasteiger partial charge is 0.252 e. The Hall–Kier alpha value is -1.27. The molecule has 6 heteroatoms. The fraction of sp³-hybridized carbons (Fsp3) is 0.111. The van der Waals surface area contributed by atoms with Gasteiger partial charge in [0, 0.05) is 10.0 Å². The van der Waals surface area contributed by atoms with Gasteiger partial charge in [-0.1, -0.05) is 5.16 Å². The summed E-state index contributed by atoms with van der Waals surface area (Å²) in [6, 6.07) is 4.14. The van der Waals surface area contributed by atoms with E-state index in [1.165, 1.54) is 18.2 Å². The van der Waals surface area contributed by atoms with Crippen molar-refractivity contribution in [2.75, 3.05) is 0 Å². The Morgan fingerprint density at radius 1 is 1.47 bits per heavy atom. The van der Waals surface area contributed by atoms with Crippen molar-refractivity contribution in [1.29, 1.82) is 0 Å². The Labute approximate surface area is 92.9 Å². The van der Waals surface area contributed by atoms with Crippen LogP contribution in [-0.4, -0.2) is 15.2 Å². The second-order valence-corrected chi connectivity index (χ2v) is 3.65. The van der Waals surface area contributed by atoms with Crippen LogP contribution < -0.4 is 0 Å². The minimum absolute atomic E-state index is 0.126. The molecular weight excluding hydrogens is 267 g/mol. The maximum atomic E-state index is 12.8. The van der Waals surface area contributed by atoms with Crippen LogP contribution in [0.25, 0.3) is 11.4 Å². The van der Waals surface area contributed by atoms with Gasteiger partial charge < -0.3 is 9.63 Å². The molecule has 0 aliphatic carbocycles. The predicted molar refractivity (Wildman–Crippen MR) is 53.3 cm³/mol. The van der Waals surface area contributed by atoms with Crippen molar-refractivity contribution in [3.8, 4) is 11.4 Å². The molecule has 0 saturated carbocycles. The van der Waals surface area contributed by atoms with Gasteiger partial charge in [0.25, 0.3) is 5.89 Å². The monoisotopic (exact) mass is 272 g/mol. The first-order chi connectivity index (χ1) is 7.20. The van der Waals surface area contributed by atoms with Crippen LogP contribution in [0.15, 0.2) is 27.2 Å². The fourth-order valence-electron chi connectivity index (χ4n) is 1.10. The molecule has 2 rings (SSSR count). The summed E-state index contributed by atoms with van der Waals surface area (Å²) in [5, 5.41) is 12.4. The van der Waals surface area contributed by atoms with Gasteiger partial charge in [0.15, 0.2) is 0 Å². The number of hydrogen-bond donors (Lipinski definition) is 1. The van der Waals surface area contributed by atoms with Gasteiger partial charge in [0.05, 0.1) is 0 Å². The molecule has 1 N–H and O–H groups in total. The lowest BCUT2D eigenvalue weighted by Gasteiger charge is -1.97. The molecule has 1 aromatic carbocycles. The maximum absolute atomic E-state index is 12.8. The first-order valence-electron chi connectivity index (χ1n) is 4.09. The summed E-state index contributed by atoms with van der Waals surface area (Å²) in [4.78, 5) is 3.91. The molecule has 1 heterocycles. The minimum atomic E-state index is -0.350. The third-order valence-electron chi connectivity index (χ3n) is 1.78. The lowest BCUT2D eigenvalue weighted by Crippen LogP contribution is -1.85. The first-order valence-corrected chi connectivity index (χ1v) is 4.89. The zero-order chi connectivity index (χ0) is 10.8. The van der Waals surface area contributed by atoms with Gasteiger partial charge in [-0.2, -0.15) is 4.98 Å². The normalized spacial score (nSPS) is 10.6. The van der Waals surface area contributed by atoms with Gasteiger partial charge in [-0.15, -0.1) is 0 Å². The van der Waals surface area contributed by atoms with Gasteiger partial charge in [-0.25, -0.2) is 4.39 Å². The van der Waals surface area contributed by atoms with Crippen molar-refractivity contribution in [1.82, 2.24) is 10.1 Å². The Kier molecular flexibility index (Phi) is 2.79. The summed E-state index contributed by atoms with van der Waals surface area (Å²) in [5.74, 6) is 0.0867. The van der Waals surface area contributed by atoms with Crippen molar-refractivity contribution in [3.63, 3.8) is 0 Å². The third kappa shape index (κ3) is 2.05. The van der Waals surface area contributed by atoms with Crippen molar-refractivity contribution in [2.45, 2.75) is 6.61 Å². The topological polar surface area (TPSA) is 59.2 Å². The molecule has 0 saturated heterocycles. The van der Waals surface area contributed by atoms with E-state index in [9.17, 15) is 4.39 Å². The first kappa shape index (κ1) is 10.3. The number of nitrogens with zero attached hydrogens (tertiary/aromatic N) is 2. The minimum Gasteiger partial charge on any atom is -0.387 e. The van der Waals surface area contributed by atoms with Crippen LogP contribution in [0, 0.1) is 5.82 Å². The fourth-order valence-corrected chi connectivity index (χ4v) is 1.63. The van der Waals surface area contributed by atoms with E-state index in [4.69, 9.17) is 9.63 Å². The Bertz CT molecular complexity index is 487.